The van der Waals surface area contributed by atoms with E-state index < -0.39 is 5.63 Å². The highest BCUT2D eigenvalue weighted by atomic mass is 16.5. The van der Waals surface area contributed by atoms with Gasteiger partial charge in [0.15, 0.2) is 6.61 Å². The quantitative estimate of drug-likeness (QED) is 0.618. The minimum absolute atomic E-state index is 0.0226. The summed E-state index contributed by atoms with van der Waals surface area (Å²) in [5.41, 5.74) is 0.877. The molecule has 3 aromatic rings. The number of rotatable bonds is 7. The van der Waals surface area contributed by atoms with Crippen LogP contribution in [-0.4, -0.2) is 37.0 Å². The Hall–Kier alpha value is -3.06. The van der Waals surface area contributed by atoms with Crippen LogP contribution < -0.4 is 15.7 Å². The van der Waals surface area contributed by atoms with Gasteiger partial charge in [0.05, 0.1) is 12.3 Å². The molecule has 0 saturated carbocycles. The fraction of sp³-hybridized carbons (Fsp3) is 0.364. The van der Waals surface area contributed by atoms with Crippen molar-refractivity contribution in [2.45, 2.75) is 25.8 Å². The molecule has 4 rings (SSSR count). The van der Waals surface area contributed by atoms with E-state index in [0.29, 0.717) is 17.9 Å². The Morgan fingerprint density at radius 2 is 2.07 bits per heavy atom. The predicted octanol–water partition coefficient (Wildman–Crippen LogP) is 3.03. The van der Waals surface area contributed by atoms with Crippen LogP contribution in [0.5, 0.6) is 5.75 Å². The number of furan rings is 1. The van der Waals surface area contributed by atoms with Crippen LogP contribution in [0.4, 0.5) is 0 Å². The van der Waals surface area contributed by atoms with Crippen LogP contribution in [0.15, 0.2) is 56.3 Å². The third-order valence-electron chi connectivity index (χ3n) is 5.24. The van der Waals surface area contributed by atoms with Gasteiger partial charge in [0.1, 0.15) is 17.1 Å². The highest BCUT2D eigenvalue weighted by molar-refractivity contribution is 5.81. The van der Waals surface area contributed by atoms with E-state index in [-0.39, 0.29) is 18.6 Å². The molecule has 1 atom stereocenters. The molecule has 3 heterocycles. The van der Waals surface area contributed by atoms with Gasteiger partial charge in [0.2, 0.25) is 0 Å². The maximum Gasteiger partial charge on any atom is 0.336 e. The molecular weight excluding hydrogens is 372 g/mol. The van der Waals surface area contributed by atoms with Crippen molar-refractivity contribution >= 4 is 16.9 Å². The SMILES string of the molecule is Cc1cc(=O)oc2cc(OCC(=O)NCC(c3ccco3)N3CCCC3)ccc12. The van der Waals surface area contributed by atoms with E-state index in [1.807, 2.05) is 25.1 Å². The van der Waals surface area contributed by atoms with E-state index >= 15 is 0 Å². The first-order chi connectivity index (χ1) is 14.1. The van der Waals surface area contributed by atoms with Crippen LogP contribution in [0, 0.1) is 6.92 Å². The molecule has 0 bridgehead atoms. The van der Waals surface area contributed by atoms with Crippen LogP contribution in [0.3, 0.4) is 0 Å². The van der Waals surface area contributed by atoms with E-state index in [2.05, 4.69) is 10.2 Å². The summed E-state index contributed by atoms with van der Waals surface area (Å²) in [6, 6.07) is 10.5. The molecule has 1 aliphatic rings. The Labute approximate surface area is 168 Å². The lowest BCUT2D eigenvalue weighted by molar-refractivity contribution is -0.123. The molecule has 0 spiro atoms. The van der Waals surface area contributed by atoms with Crippen LogP contribution in [0.2, 0.25) is 0 Å². The third kappa shape index (κ3) is 4.51. The van der Waals surface area contributed by atoms with E-state index in [4.69, 9.17) is 13.6 Å². The lowest BCUT2D eigenvalue weighted by atomic mass is 10.1. The molecule has 1 amide bonds. The van der Waals surface area contributed by atoms with Crippen molar-refractivity contribution in [3.63, 3.8) is 0 Å². The molecule has 1 aromatic carbocycles. The average Bonchev–Trinajstić information content (AvgIpc) is 3.41. The monoisotopic (exact) mass is 396 g/mol. The van der Waals surface area contributed by atoms with Crippen molar-refractivity contribution < 1.29 is 18.4 Å². The summed E-state index contributed by atoms with van der Waals surface area (Å²) >= 11 is 0. The number of nitrogens with zero attached hydrogens (tertiary/aromatic N) is 1. The fourth-order valence-corrected chi connectivity index (χ4v) is 3.75. The number of aryl methyl sites for hydroxylation is 1. The van der Waals surface area contributed by atoms with Crippen molar-refractivity contribution in [1.29, 1.82) is 0 Å². The lowest BCUT2D eigenvalue weighted by Gasteiger charge is -2.26. The van der Waals surface area contributed by atoms with Gasteiger partial charge in [-0.25, -0.2) is 4.79 Å². The minimum Gasteiger partial charge on any atom is -0.484 e. The second-order valence-corrected chi connectivity index (χ2v) is 7.27. The van der Waals surface area contributed by atoms with Gasteiger partial charge < -0.3 is 18.9 Å². The summed E-state index contributed by atoms with van der Waals surface area (Å²) in [5.74, 6) is 1.11. The molecule has 7 nitrogen and oxygen atoms in total. The molecule has 0 radical (unpaired) electrons. The van der Waals surface area contributed by atoms with Gasteiger partial charge in [-0.1, -0.05) is 0 Å². The Kier molecular flexibility index (Phi) is 5.67. The first kappa shape index (κ1) is 19.3. The Bertz CT molecular complexity index is 1040. The van der Waals surface area contributed by atoms with E-state index in [1.54, 1.807) is 18.4 Å². The Balaban J connectivity index is 1.36. The number of nitrogens with one attached hydrogen (secondary N) is 1. The van der Waals surface area contributed by atoms with Crippen LogP contribution >= 0.6 is 0 Å². The van der Waals surface area contributed by atoms with Crippen molar-refractivity contribution in [1.82, 2.24) is 10.2 Å². The molecule has 0 aliphatic carbocycles. The molecule has 1 unspecified atom stereocenters. The average molecular weight is 396 g/mol. The molecule has 2 aromatic heterocycles. The van der Waals surface area contributed by atoms with Crippen LogP contribution in [-0.2, 0) is 4.79 Å². The summed E-state index contributed by atoms with van der Waals surface area (Å²) in [6.45, 7) is 4.19. The summed E-state index contributed by atoms with van der Waals surface area (Å²) in [6.07, 6.45) is 3.97. The van der Waals surface area contributed by atoms with Gasteiger partial charge >= 0.3 is 5.63 Å². The largest absolute Gasteiger partial charge is 0.484 e. The number of hydrogen-bond donors (Lipinski definition) is 1. The number of amides is 1. The van der Waals surface area contributed by atoms with E-state index in [0.717, 1.165) is 42.6 Å². The Morgan fingerprint density at radius 3 is 2.83 bits per heavy atom. The van der Waals surface area contributed by atoms with Gasteiger partial charge in [-0.3, -0.25) is 9.69 Å². The maximum atomic E-state index is 12.3. The van der Waals surface area contributed by atoms with Crippen molar-refractivity contribution in [2.24, 2.45) is 0 Å². The summed E-state index contributed by atoms with van der Waals surface area (Å²) in [7, 11) is 0. The summed E-state index contributed by atoms with van der Waals surface area (Å²) < 4.78 is 16.4. The van der Waals surface area contributed by atoms with E-state index in [1.165, 1.54) is 6.07 Å². The molecule has 1 fully saturated rings. The third-order valence-corrected chi connectivity index (χ3v) is 5.24. The second-order valence-electron chi connectivity index (χ2n) is 7.27. The van der Waals surface area contributed by atoms with E-state index in [9.17, 15) is 9.59 Å². The highest BCUT2D eigenvalue weighted by Gasteiger charge is 2.25. The molecule has 7 heteroatoms. The molecule has 29 heavy (non-hydrogen) atoms. The smallest absolute Gasteiger partial charge is 0.336 e. The topological polar surface area (TPSA) is 84.9 Å². The number of hydrogen-bond acceptors (Lipinski definition) is 6. The number of carbonyl (C=O) groups is 1. The lowest BCUT2D eigenvalue weighted by Crippen LogP contribution is -2.38. The van der Waals surface area contributed by atoms with Crippen molar-refractivity contribution in [2.75, 3.05) is 26.2 Å². The number of ether oxygens (including phenoxy) is 1. The highest BCUT2D eigenvalue weighted by Crippen LogP contribution is 2.25. The Morgan fingerprint density at radius 1 is 1.24 bits per heavy atom. The molecular formula is C22H24N2O5. The van der Waals surface area contributed by atoms with Gasteiger partial charge in [-0.15, -0.1) is 0 Å². The maximum absolute atomic E-state index is 12.3. The van der Waals surface area contributed by atoms with Crippen LogP contribution in [0.1, 0.15) is 30.2 Å². The summed E-state index contributed by atoms with van der Waals surface area (Å²) in [4.78, 5) is 26.2. The van der Waals surface area contributed by atoms with Gasteiger partial charge in [0, 0.05) is 24.1 Å². The second kappa shape index (κ2) is 8.53. The van der Waals surface area contributed by atoms with Gasteiger partial charge in [-0.05, 0) is 62.7 Å². The minimum atomic E-state index is -0.407. The molecule has 1 aliphatic heterocycles. The number of fused-ring (bicyclic) bond motifs is 1. The van der Waals surface area contributed by atoms with Gasteiger partial charge in [-0.2, -0.15) is 0 Å². The predicted molar refractivity (Wildman–Crippen MR) is 108 cm³/mol. The molecule has 152 valence electrons. The number of likely N-dealkylation sites (tertiary alicyclic amines) is 1. The zero-order valence-electron chi connectivity index (χ0n) is 16.3. The number of benzene rings is 1. The molecule has 1 N–H and O–H groups in total. The van der Waals surface area contributed by atoms with Crippen molar-refractivity contribution in [3.05, 3.63) is 64.4 Å². The van der Waals surface area contributed by atoms with Gasteiger partial charge in [0.25, 0.3) is 5.91 Å². The first-order valence-corrected chi connectivity index (χ1v) is 9.81. The number of carbonyl (C=O) groups excluding carboxylic acids is 1. The normalized spacial score (nSPS) is 15.5. The first-order valence-electron chi connectivity index (χ1n) is 9.81. The fourth-order valence-electron chi connectivity index (χ4n) is 3.75. The van der Waals surface area contributed by atoms with Crippen LogP contribution in [0.25, 0.3) is 11.0 Å². The zero-order valence-corrected chi connectivity index (χ0v) is 16.3. The van der Waals surface area contributed by atoms with Crippen molar-refractivity contribution in [3.8, 4) is 5.75 Å². The summed E-state index contributed by atoms with van der Waals surface area (Å²) in [5, 5.41) is 3.78. The molecule has 1 saturated heterocycles. The zero-order chi connectivity index (χ0) is 20.2. The standard InChI is InChI=1S/C22H24N2O5/c1-15-11-22(26)29-20-12-16(6-7-17(15)20)28-14-21(25)23-13-18(19-5-4-10-27-19)24-8-2-3-9-24/h4-7,10-12,18H,2-3,8-9,13-14H2,1H3,(H,23,25).